The van der Waals surface area contributed by atoms with Gasteiger partial charge in [-0.1, -0.05) is 0 Å². The second kappa shape index (κ2) is 5.26. The molecule has 4 nitrogen and oxygen atoms in total. The zero-order valence-electron chi connectivity index (χ0n) is 10.1. The molecule has 0 radical (unpaired) electrons. The van der Waals surface area contributed by atoms with Crippen molar-refractivity contribution < 1.29 is 18.1 Å². The lowest BCUT2D eigenvalue weighted by atomic mass is 10.5. The molecule has 0 spiro atoms. The molecule has 0 N–H and O–H groups in total. The summed E-state index contributed by atoms with van der Waals surface area (Å²) >= 11 is 0. The highest BCUT2D eigenvalue weighted by atomic mass is 31.2. The number of quaternary nitrogens is 1. The van der Waals surface area contributed by atoms with Crippen LogP contribution in [0.4, 0.5) is 0 Å². The van der Waals surface area contributed by atoms with Gasteiger partial charge in [-0.05, 0) is 13.8 Å². The molecule has 86 valence electrons. The molecule has 0 saturated heterocycles. The quantitative estimate of drug-likeness (QED) is 0.511. The Kier molecular flexibility index (Phi) is 5.31. The molecule has 0 aliphatic carbocycles. The van der Waals surface area contributed by atoms with Gasteiger partial charge in [-0.3, -0.25) is 4.57 Å². The Morgan fingerprint density at radius 3 is 2.14 bits per heavy atom. The van der Waals surface area contributed by atoms with E-state index in [1.807, 2.05) is 13.8 Å². The average molecular weight is 224 g/mol. The van der Waals surface area contributed by atoms with Gasteiger partial charge < -0.3 is 13.5 Å². The van der Waals surface area contributed by atoms with Crippen molar-refractivity contribution in [3.8, 4) is 0 Å². The molecule has 0 bridgehead atoms. The molecular weight excluding hydrogens is 201 g/mol. The lowest BCUT2D eigenvalue weighted by Crippen LogP contribution is -2.37. The van der Waals surface area contributed by atoms with Gasteiger partial charge in [0.05, 0.1) is 27.2 Å². The molecule has 0 aromatic rings. The normalized spacial score (nSPS) is 17.1. The fourth-order valence-electron chi connectivity index (χ4n) is 0.894. The minimum atomic E-state index is -2.84. The second-order valence-corrected chi connectivity index (χ2v) is 6.78. The fraction of sp³-hybridized carbons (Fsp3) is 1.00. The molecule has 5 heteroatoms. The van der Waals surface area contributed by atoms with E-state index in [2.05, 4.69) is 21.1 Å². The van der Waals surface area contributed by atoms with Crippen molar-refractivity contribution in [3.05, 3.63) is 0 Å². The van der Waals surface area contributed by atoms with Crippen LogP contribution < -0.4 is 0 Å². The van der Waals surface area contributed by atoms with Gasteiger partial charge in [-0.15, -0.1) is 0 Å². The number of rotatable bonds is 6. The number of hydrogen-bond acceptors (Lipinski definition) is 3. The predicted octanol–water partition coefficient (Wildman–Crippen LogP) is 1.96. The smallest absolute Gasteiger partial charge is 0.328 e. The average Bonchev–Trinajstić information content (AvgIpc) is 1.78. The number of likely N-dealkylation sites (N-methyl/N-ethyl adjacent to an activating group) is 1. The van der Waals surface area contributed by atoms with Crippen molar-refractivity contribution in [2.45, 2.75) is 20.0 Å². The summed E-state index contributed by atoms with van der Waals surface area (Å²) in [4.78, 5) is 0. The molecular formula is C9H23NO3P+. The first-order valence-corrected chi connectivity index (χ1v) is 6.82. The fourth-order valence-corrected chi connectivity index (χ4v) is 2.13. The van der Waals surface area contributed by atoms with Crippen LogP contribution >= 0.6 is 7.60 Å². The number of hydrogen-bond donors (Lipinski definition) is 0. The molecule has 1 atom stereocenters. The Bertz CT molecular complexity index is 211. The number of nitrogens with zero attached hydrogens (tertiary/aromatic N) is 1. The summed E-state index contributed by atoms with van der Waals surface area (Å²) in [7, 11) is 3.34. The summed E-state index contributed by atoms with van der Waals surface area (Å²) in [6.45, 7) is 6.49. The van der Waals surface area contributed by atoms with Gasteiger partial charge in [0.2, 0.25) is 0 Å². The topological polar surface area (TPSA) is 35.5 Å². The zero-order chi connectivity index (χ0) is 11.4. The van der Waals surface area contributed by atoms with Crippen LogP contribution in [0.3, 0.4) is 0 Å². The summed E-state index contributed by atoms with van der Waals surface area (Å²) in [5.74, 6) is 0. The van der Waals surface area contributed by atoms with Crippen LogP contribution in [-0.4, -0.2) is 51.5 Å². The Labute approximate surface area is 87.3 Å². The monoisotopic (exact) mass is 224 g/mol. The molecule has 0 aromatic carbocycles. The molecule has 0 fully saturated rings. The molecule has 0 amide bonds. The summed E-state index contributed by atoms with van der Waals surface area (Å²) in [6, 6.07) is 0. The molecule has 0 heterocycles. The lowest BCUT2D eigenvalue weighted by Gasteiger charge is -2.24. The largest absolute Gasteiger partial charge is 0.329 e. The van der Waals surface area contributed by atoms with Gasteiger partial charge in [-0.25, -0.2) is 0 Å². The first kappa shape index (κ1) is 14.1. The molecule has 0 aliphatic heterocycles. The summed E-state index contributed by atoms with van der Waals surface area (Å²) in [5, 5.41) is 0. The highest BCUT2D eigenvalue weighted by Crippen LogP contribution is 2.44. The van der Waals surface area contributed by atoms with E-state index in [1.54, 1.807) is 0 Å². The standard InChI is InChI=1S/C9H23NO3P/c1-9(2)13-14(6,11)12-8-7-10(3,4)5/h9H,7-8H2,1-6H3/q+1. The van der Waals surface area contributed by atoms with Gasteiger partial charge >= 0.3 is 7.60 Å². The molecule has 14 heavy (non-hydrogen) atoms. The van der Waals surface area contributed by atoms with Crippen LogP contribution in [0.2, 0.25) is 0 Å². The molecule has 0 aromatic heterocycles. The maximum absolute atomic E-state index is 11.7. The van der Waals surface area contributed by atoms with Crippen molar-refractivity contribution in [3.63, 3.8) is 0 Å². The van der Waals surface area contributed by atoms with E-state index in [0.29, 0.717) is 6.61 Å². The van der Waals surface area contributed by atoms with E-state index in [0.717, 1.165) is 11.0 Å². The zero-order valence-corrected chi connectivity index (χ0v) is 11.0. The summed E-state index contributed by atoms with van der Waals surface area (Å²) in [6.07, 6.45) is -0.0602. The van der Waals surface area contributed by atoms with Crippen LogP contribution in [0.25, 0.3) is 0 Å². The van der Waals surface area contributed by atoms with E-state index >= 15 is 0 Å². The van der Waals surface area contributed by atoms with Crippen molar-refractivity contribution in [1.82, 2.24) is 0 Å². The maximum Gasteiger partial charge on any atom is 0.328 e. The van der Waals surface area contributed by atoms with E-state index in [-0.39, 0.29) is 6.10 Å². The molecule has 0 saturated carbocycles. The van der Waals surface area contributed by atoms with Crippen LogP contribution in [0, 0.1) is 0 Å². The SMILES string of the molecule is CC(C)OP(C)(=O)OCC[N+](C)(C)C. The minimum absolute atomic E-state index is 0.0602. The Morgan fingerprint density at radius 2 is 1.79 bits per heavy atom. The minimum Gasteiger partial charge on any atom is -0.329 e. The van der Waals surface area contributed by atoms with Gasteiger partial charge in [0.1, 0.15) is 13.2 Å². The molecule has 1 unspecified atom stereocenters. The Hall–Kier alpha value is 0.110. The van der Waals surface area contributed by atoms with Gasteiger partial charge in [0.15, 0.2) is 0 Å². The van der Waals surface area contributed by atoms with Crippen LogP contribution in [-0.2, 0) is 13.6 Å². The summed E-state index contributed by atoms with van der Waals surface area (Å²) in [5.41, 5.74) is 0. The van der Waals surface area contributed by atoms with Crippen molar-refractivity contribution in [1.29, 1.82) is 0 Å². The molecule has 0 rings (SSSR count). The first-order chi connectivity index (χ1) is 6.12. The van der Waals surface area contributed by atoms with Gasteiger partial charge in [0.25, 0.3) is 0 Å². The third-order valence-electron chi connectivity index (χ3n) is 1.49. The maximum atomic E-state index is 11.7. The van der Waals surface area contributed by atoms with E-state index in [4.69, 9.17) is 9.05 Å². The van der Waals surface area contributed by atoms with Gasteiger partial charge in [-0.2, -0.15) is 0 Å². The van der Waals surface area contributed by atoms with Crippen molar-refractivity contribution in [2.24, 2.45) is 0 Å². The van der Waals surface area contributed by atoms with Crippen molar-refractivity contribution >= 4 is 7.60 Å². The van der Waals surface area contributed by atoms with Crippen LogP contribution in [0.1, 0.15) is 13.8 Å². The van der Waals surface area contributed by atoms with E-state index in [1.165, 1.54) is 6.66 Å². The highest BCUT2D eigenvalue weighted by Gasteiger charge is 2.20. The van der Waals surface area contributed by atoms with E-state index in [9.17, 15) is 4.57 Å². The van der Waals surface area contributed by atoms with E-state index < -0.39 is 7.60 Å². The second-order valence-electron chi connectivity index (χ2n) is 4.77. The summed E-state index contributed by atoms with van der Waals surface area (Å²) < 4.78 is 22.9. The lowest BCUT2D eigenvalue weighted by molar-refractivity contribution is -0.870. The first-order valence-electron chi connectivity index (χ1n) is 4.83. The predicted molar refractivity (Wildman–Crippen MR) is 58.6 cm³/mol. The van der Waals surface area contributed by atoms with Crippen LogP contribution in [0.5, 0.6) is 0 Å². The molecule has 0 aliphatic rings. The Morgan fingerprint density at radius 1 is 1.29 bits per heavy atom. The highest BCUT2D eigenvalue weighted by molar-refractivity contribution is 7.52. The third kappa shape index (κ3) is 8.70. The van der Waals surface area contributed by atoms with Crippen molar-refractivity contribution in [2.75, 3.05) is 41.0 Å². The Balaban J connectivity index is 3.83. The van der Waals surface area contributed by atoms with Crippen LogP contribution in [0.15, 0.2) is 0 Å². The third-order valence-corrected chi connectivity index (χ3v) is 2.95. The van der Waals surface area contributed by atoms with Gasteiger partial charge in [0, 0.05) is 6.66 Å².